The zero-order valence-corrected chi connectivity index (χ0v) is 10.9. The summed E-state index contributed by atoms with van der Waals surface area (Å²) in [7, 11) is 0. The standard InChI is InChI=1S/C6H10O8.C4H6O4/c7-1(3(9)5(11)12)2(8)4(10)6(13)14;5-3(6)1-2-4(7)8/h1-4,7-10H,(H,11,12)(H,13,14);1-2H2,(H,5,6)(H,7,8). The van der Waals surface area contributed by atoms with Crippen LogP contribution in [0.4, 0.5) is 0 Å². The van der Waals surface area contributed by atoms with E-state index in [1.54, 1.807) is 0 Å². The SMILES string of the molecule is O=C(O)C(O)C(O)C(O)C(O)C(=O)O.O=C(O)CCC(=O)O. The molecule has 4 atom stereocenters. The molecule has 0 amide bonds. The Kier molecular flexibility index (Phi) is 10.5. The van der Waals surface area contributed by atoms with Crippen molar-refractivity contribution >= 4 is 23.9 Å². The van der Waals surface area contributed by atoms with Crippen molar-refractivity contribution in [3.63, 3.8) is 0 Å². The highest BCUT2D eigenvalue weighted by atomic mass is 16.4. The van der Waals surface area contributed by atoms with Gasteiger partial charge in [0.15, 0.2) is 12.2 Å². The molecule has 128 valence electrons. The fourth-order valence-corrected chi connectivity index (χ4v) is 0.880. The van der Waals surface area contributed by atoms with Crippen LogP contribution in [-0.4, -0.2) is 89.1 Å². The largest absolute Gasteiger partial charge is 0.481 e. The van der Waals surface area contributed by atoms with Crippen molar-refractivity contribution < 1.29 is 60.0 Å². The Labute approximate surface area is 122 Å². The van der Waals surface area contributed by atoms with Crippen molar-refractivity contribution in [3.05, 3.63) is 0 Å². The summed E-state index contributed by atoms with van der Waals surface area (Å²) < 4.78 is 0. The maximum absolute atomic E-state index is 10.1. The number of carboxylic acid groups (broad SMARTS) is 4. The molecule has 0 aromatic heterocycles. The smallest absolute Gasteiger partial charge is 0.335 e. The van der Waals surface area contributed by atoms with Crippen molar-refractivity contribution in [3.8, 4) is 0 Å². The van der Waals surface area contributed by atoms with Gasteiger partial charge in [0.2, 0.25) is 0 Å². The summed E-state index contributed by atoms with van der Waals surface area (Å²) in [5.74, 6) is -5.83. The van der Waals surface area contributed by atoms with Gasteiger partial charge in [-0.2, -0.15) is 0 Å². The van der Waals surface area contributed by atoms with Crippen molar-refractivity contribution in [2.24, 2.45) is 0 Å². The predicted octanol–water partition coefficient (Wildman–Crippen LogP) is -3.46. The van der Waals surface area contributed by atoms with Crippen LogP contribution in [0, 0.1) is 0 Å². The summed E-state index contributed by atoms with van der Waals surface area (Å²) in [4.78, 5) is 39.5. The number of carboxylic acids is 4. The monoisotopic (exact) mass is 328 g/mol. The zero-order chi connectivity index (χ0) is 18.0. The Hall–Kier alpha value is -2.28. The summed E-state index contributed by atoms with van der Waals surface area (Å²) in [6.07, 6.45) is -9.87. The lowest BCUT2D eigenvalue weighted by molar-refractivity contribution is -0.172. The van der Waals surface area contributed by atoms with Crippen LogP contribution in [0.2, 0.25) is 0 Å². The van der Waals surface area contributed by atoms with Gasteiger partial charge in [-0.15, -0.1) is 0 Å². The first-order valence-corrected chi connectivity index (χ1v) is 5.53. The summed E-state index contributed by atoms with van der Waals surface area (Å²) in [6.45, 7) is 0. The van der Waals surface area contributed by atoms with Gasteiger partial charge >= 0.3 is 23.9 Å². The third-order valence-corrected chi connectivity index (χ3v) is 2.06. The van der Waals surface area contributed by atoms with E-state index < -0.39 is 48.3 Å². The molecule has 0 spiro atoms. The number of carbonyl (C=O) groups is 4. The number of hydrogen-bond donors (Lipinski definition) is 8. The van der Waals surface area contributed by atoms with E-state index in [0.29, 0.717) is 0 Å². The molecule has 0 saturated carbocycles. The molecular weight excluding hydrogens is 312 g/mol. The van der Waals surface area contributed by atoms with Crippen LogP contribution < -0.4 is 0 Å². The molecule has 4 unspecified atom stereocenters. The molecule has 12 heteroatoms. The fourth-order valence-electron chi connectivity index (χ4n) is 0.880. The van der Waals surface area contributed by atoms with Gasteiger partial charge in [-0.25, -0.2) is 9.59 Å². The minimum atomic E-state index is -2.36. The first-order chi connectivity index (χ1) is 9.91. The summed E-state index contributed by atoms with van der Waals surface area (Å²) in [5.41, 5.74) is 0. The first-order valence-electron chi connectivity index (χ1n) is 5.53. The van der Waals surface area contributed by atoms with Crippen LogP contribution in [0.25, 0.3) is 0 Å². The number of aliphatic hydroxyl groups excluding tert-OH is 4. The van der Waals surface area contributed by atoms with Gasteiger partial charge < -0.3 is 40.9 Å². The molecule has 0 heterocycles. The molecule has 22 heavy (non-hydrogen) atoms. The lowest BCUT2D eigenvalue weighted by Gasteiger charge is -2.21. The number of aliphatic hydroxyl groups is 4. The van der Waals surface area contributed by atoms with Crippen molar-refractivity contribution in [2.45, 2.75) is 37.3 Å². The highest BCUT2D eigenvalue weighted by molar-refractivity contribution is 5.75. The van der Waals surface area contributed by atoms with E-state index in [2.05, 4.69) is 0 Å². The van der Waals surface area contributed by atoms with E-state index in [0.717, 1.165) is 0 Å². The van der Waals surface area contributed by atoms with Gasteiger partial charge in [0.25, 0.3) is 0 Å². The predicted molar refractivity (Wildman–Crippen MR) is 63.8 cm³/mol. The second kappa shape index (κ2) is 10.4. The lowest BCUT2D eigenvalue weighted by Crippen LogP contribution is -2.49. The molecule has 12 nitrogen and oxygen atoms in total. The van der Waals surface area contributed by atoms with Gasteiger partial charge in [-0.05, 0) is 0 Å². The Balaban J connectivity index is 0. The van der Waals surface area contributed by atoms with Crippen LogP contribution in [0.15, 0.2) is 0 Å². The molecule has 0 aliphatic rings. The molecule has 0 aliphatic carbocycles. The molecule has 0 aromatic carbocycles. The van der Waals surface area contributed by atoms with Crippen LogP contribution in [-0.2, 0) is 19.2 Å². The molecular formula is C10H16O12. The quantitative estimate of drug-likeness (QED) is 0.217. The molecule has 0 bridgehead atoms. The first kappa shape index (κ1) is 22.0. The fraction of sp³-hybridized carbons (Fsp3) is 0.600. The Morgan fingerprint density at radius 1 is 0.591 bits per heavy atom. The molecule has 0 aromatic rings. The number of rotatable bonds is 8. The van der Waals surface area contributed by atoms with E-state index in [-0.39, 0.29) is 12.8 Å². The van der Waals surface area contributed by atoms with E-state index in [9.17, 15) is 19.2 Å². The van der Waals surface area contributed by atoms with Crippen LogP contribution in [0.1, 0.15) is 12.8 Å². The molecule has 8 N–H and O–H groups in total. The zero-order valence-electron chi connectivity index (χ0n) is 10.9. The van der Waals surface area contributed by atoms with Gasteiger partial charge in [0, 0.05) is 0 Å². The molecule has 0 saturated heterocycles. The maximum atomic E-state index is 10.1. The Morgan fingerprint density at radius 3 is 0.955 bits per heavy atom. The minimum absolute atomic E-state index is 0.296. The second-order valence-electron chi connectivity index (χ2n) is 3.83. The number of hydrogen-bond acceptors (Lipinski definition) is 8. The van der Waals surface area contributed by atoms with E-state index >= 15 is 0 Å². The van der Waals surface area contributed by atoms with Crippen molar-refractivity contribution in [2.75, 3.05) is 0 Å². The summed E-state index contributed by atoms with van der Waals surface area (Å²) in [5, 5.41) is 67.2. The average molecular weight is 328 g/mol. The van der Waals surface area contributed by atoms with Gasteiger partial charge in [0.1, 0.15) is 12.2 Å². The van der Waals surface area contributed by atoms with E-state index in [1.165, 1.54) is 0 Å². The third kappa shape index (κ3) is 9.60. The van der Waals surface area contributed by atoms with E-state index in [1.807, 2.05) is 0 Å². The van der Waals surface area contributed by atoms with Crippen molar-refractivity contribution in [1.82, 2.24) is 0 Å². The molecule has 0 radical (unpaired) electrons. The minimum Gasteiger partial charge on any atom is -0.481 e. The second-order valence-corrected chi connectivity index (χ2v) is 3.83. The Morgan fingerprint density at radius 2 is 0.818 bits per heavy atom. The highest BCUT2D eigenvalue weighted by Gasteiger charge is 2.37. The van der Waals surface area contributed by atoms with Crippen LogP contribution in [0.5, 0.6) is 0 Å². The summed E-state index contributed by atoms with van der Waals surface area (Å²) >= 11 is 0. The Bertz CT molecular complexity index is 367. The topological polar surface area (TPSA) is 230 Å². The maximum Gasteiger partial charge on any atom is 0.335 e. The lowest BCUT2D eigenvalue weighted by atomic mass is 10.0. The average Bonchev–Trinajstić information content (AvgIpc) is 2.42. The van der Waals surface area contributed by atoms with Gasteiger partial charge in [-0.1, -0.05) is 0 Å². The van der Waals surface area contributed by atoms with E-state index in [4.69, 9.17) is 40.9 Å². The van der Waals surface area contributed by atoms with Gasteiger partial charge in [0.05, 0.1) is 12.8 Å². The normalized spacial score (nSPS) is 15.5. The summed E-state index contributed by atoms with van der Waals surface area (Å²) in [6, 6.07) is 0. The van der Waals surface area contributed by atoms with Crippen molar-refractivity contribution in [1.29, 1.82) is 0 Å². The molecule has 0 fully saturated rings. The number of aliphatic carboxylic acids is 4. The van der Waals surface area contributed by atoms with Crippen LogP contribution in [0.3, 0.4) is 0 Å². The molecule has 0 rings (SSSR count). The highest BCUT2D eigenvalue weighted by Crippen LogP contribution is 2.05. The molecule has 0 aliphatic heterocycles. The third-order valence-electron chi connectivity index (χ3n) is 2.06. The van der Waals surface area contributed by atoms with Gasteiger partial charge in [-0.3, -0.25) is 9.59 Å². The van der Waals surface area contributed by atoms with Crippen LogP contribution >= 0.6 is 0 Å².